The van der Waals surface area contributed by atoms with Gasteiger partial charge >= 0.3 is 0 Å². The Hall–Kier alpha value is -1.32. The minimum atomic E-state index is 0.852. The molecule has 2 rings (SSSR count). The SMILES string of the molecule is CN(CCCc1cccc(N)c1)Cc1cccc(Br)c1. The van der Waals surface area contributed by atoms with Gasteiger partial charge in [-0.3, -0.25) is 0 Å². The molecule has 2 N–H and O–H groups in total. The molecule has 2 aromatic rings. The number of nitrogens with zero attached hydrogens (tertiary/aromatic N) is 1. The Bertz CT molecular complexity index is 554. The molecule has 0 aliphatic carbocycles. The van der Waals surface area contributed by atoms with E-state index in [9.17, 15) is 0 Å². The molecule has 0 unspecified atom stereocenters. The van der Waals surface area contributed by atoms with Crippen molar-refractivity contribution >= 4 is 21.6 Å². The van der Waals surface area contributed by atoms with Crippen molar-refractivity contribution in [1.29, 1.82) is 0 Å². The molecular formula is C17H21BrN2. The Labute approximate surface area is 129 Å². The quantitative estimate of drug-likeness (QED) is 0.807. The van der Waals surface area contributed by atoms with E-state index < -0.39 is 0 Å². The van der Waals surface area contributed by atoms with Gasteiger partial charge in [-0.15, -0.1) is 0 Å². The highest BCUT2D eigenvalue weighted by atomic mass is 79.9. The molecule has 3 heteroatoms. The van der Waals surface area contributed by atoms with E-state index >= 15 is 0 Å². The van der Waals surface area contributed by atoms with E-state index in [1.54, 1.807) is 0 Å². The lowest BCUT2D eigenvalue weighted by Gasteiger charge is -2.16. The first-order chi connectivity index (χ1) is 9.63. The van der Waals surface area contributed by atoms with E-state index in [4.69, 9.17) is 5.73 Å². The number of rotatable bonds is 6. The highest BCUT2D eigenvalue weighted by molar-refractivity contribution is 9.10. The smallest absolute Gasteiger partial charge is 0.0316 e. The highest BCUT2D eigenvalue weighted by Crippen LogP contribution is 2.13. The van der Waals surface area contributed by atoms with Crippen LogP contribution in [0.3, 0.4) is 0 Å². The Morgan fingerprint density at radius 2 is 1.80 bits per heavy atom. The second kappa shape index (κ2) is 7.46. The molecule has 0 saturated carbocycles. The minimum absolute atomic E-state index is 0.852. The lowest BCUT2D eigenvalue weighted by Crippen LogP contribution is -2.19. The second-order valence-electron chi connectivity index (χ2n) is 5.22. The van der Waals surface area contributed by atoms with E-state index in [1.807, 2.05) is 12.1 Å². The van der Waals surface area contributed by atoms with Gasteiger partial charge in [-0.1, -0.05) is 40.2 Å². The molecule has 0 fully saturated rings. The minimum Gasteiger partial charge on any atom is -0.399 e. The number of benzene rings is 2. The molecule has 0 saturated heterocycles. The van der Waals surface area contributed by atoms with Crippen LogP contribution in [-0.4, -0.2) is 18.5 Å². The van der Waals surface area contributed by atoms with E-state index in [-0.39, 0.29) is 0 Å². The Kier molecular flexibility index (Phi) is 5.62. The number of halogens is 1. The lowest BCUT2D eigenvalue weighted by atomic mass is 10.1. The van der Waals surface area contributed by atoms with Crippen molar-refractivity contribution in [2.24, 2.45) is 0 Å². The second-order valence-corrected chi connectivity index (χ2v) is 6.13. The summed E-state index contributed by atoms with van der Waals surface area (Å²) < 4.78 is 1.14. The van der Waals surface area contributed by atoms with Gasteiger partial charge in [0, 0.05) is 16.7 Å². The Balaban J connectivity index is 1.76. The largest absolute Gasteiger partial charge is 0.399 e. The number of nitrogen functional groups attached to an aromatic ring is 1. The maximum Gasteiger partial charge on any atom is 0.0316 e. The van der Waals surface area contributed by atoms with Crippen molar-refractivity contribution < 1.29 is 0 Å². The van der Waals surface area contributed by atoms with Gasteiger partial charge in [0.05, 0.1) is 0 Å². The fourth-order valence-corrected chi connectivity index (χ4v) is 2.77. The summed E-state index contributed by atoms with van der Waals surface area (Å²) >= 11 is 3.51. The van der Waals surface area contributed by atoms with Crippen molar-refractivity contribution in [3.8, 4) is 0 Å². The van der Waals surface area contributed by atoms with Gasteiger partial charge in [0.15, 0.2) is 0 Å². The van der Waals surface area contributed by atoms with Crippen molar-refractivity contribution in [3.05, 3.63) is 64.1 Å². The number of hydrogen-bond donors (Lipinski definition) is 1. The summed E-state index contributed by atoms with van der Waals surface area (Å²) in [6.45, 7) is 2.07. The summed E-state index contributed by atoms with van der Waals surface area (Å²) in [5.41, 5.74) is 9.30. The average Bonchev–Trinajstić information content (AvgIpc) is 2.38. The zero-order chi connectivity index (χ0) is 14.4. The van der Waals surface area contributed by atoms with Crippen molar-refractivity contribution in [1.82, 2.24) is 4.90 Å². The molecule has 106 valence electrons. The van der Waals surface area contributed by atoms with Crippen LogP contribution in [0.1, 0.15) is 17.5 Å². The zero-order valence-electron chi connectivity index (χ0n) is 11.8. The summed E-state index contributed by atoms with van der Waals surface area (Å²) in [6, 6.07) is 16.6. The first kappa shape index (κ1) is 15.1. The van der Waals surface area contributed by atoms with Gasteiger partial charge in [0.2, 0.25) is 0 Å². The van der Waals surface area contributed by atoms with E-state index in [1.165, 1.54) is 11.1 Å². The third kappa shape index (κ3) is 4.99. The van der Waals surface area contributed by atoms with Gasteiger partial charge < -0.3 is 10.6 Å². The van der Waals surface area contributed by atoms with Gasteiger partial charge in [-0.25, -0.2) is 0 Å². The molecule has 2 nitrogen and oxygen atoms in total. The lowest BCUT2D eigenvalue weighted by molar-refractivity contribution is 0.322. The fourth-order valence-electron chi connectivity index (χ4n) is 2.33. The van der Waals surface area contributed by atoms with Crippen molar-refractivity contribution in [3.63, 3.8) is 0 Å². The normalized spacial score (nSPS) is 10.9. The van der Waals surface area contributed by atoms with Crippen LogP contribution in [0.2, 0.25) is 0 Å². The third-order valence-electron chi connectivity index (χ3n) is 3.30. The van der Waals surface area contributed by atoms with E-state index in [2.05, 4.69) is 64.3 Å². The predicted octanol–water partition coefficient (Wildman–Crippen LogP) is 4.10. The predicted molar refractivity (Wildman–Crippen MR) is 89.7 cm³/mol. The van der Waals surface area contributed by atoms with Crippen LogP contribution >= 0.6 is 15.9 Å². The summed E-state index contributed by atoms with van der Waals surface area (Å²) in [4.78, 5) is 2.36. The van der Waals surface area contributed by atoms with Crippen LogP contribution in [0.25, 0.3) is 0 Å². The average molecular weight is 333 g/mol. The molecular weight excluding hydrogens is 312 g/mol. The van der Waals surface area contributed by atoms with E-state index in [0.29, 0.717) is 0 Å². The number of nitrogens with two attached hydrogens (primary N) is 1. The Morgan fingerprint density at radius 1 is 1.05 bits per heavy atom. The third-order valence-corrected chi connectivity index (χ3v) is 3.79. The molecule has 0 bridgehead atoms. The van der Waals surface area contributed by atoms with Crippen molar-refractivity contribution in [2.45, 2.75) is 19.4 Å². The van der Waals surface area contributed by atoms with Gasteiger partial charge in [-0.05, 0) is 61.8 Å². The maximum absolute atomic E-state index is 5.79. The zero-order valence-corrected chi connectivity index (χ0v) is 13.4. The summed E-state index contributed by atoms with van der Waals surface area (Å²) in [7, 11) is 2.17. The number of aryl methyl sites for hydroxylation is 1. The van der Waals surface area contributed by atoms with Crippen LogP contribution in [-0.2, 0) is 13.0 Å². The van der Waals surface area contributed by atoms with Crippen LogP contribution in [0.15, 0.2) is 53.0 Å². The van der Waals surface area contributed by atoms with Gasteiger partial charge in [0.1, 0.15) is 0 Å². The van der Waals surface area contributed by atoms with Gasteiger partial charge in [-0.2, -0.15) is 0 Å². The molecule has 0 spiro atoms. The molecule has 0 aliphatic rings. The molecule has 0 radical (unpaired) electrons. The molecule has 2 aromatic carbocycles. The maximum atomic E-state index is 5.79. The first-order valence-electron chi connectivity index (χ1n) is 6.91. The molecule has 0 aromatic heterocycles. The molecule has 0 amide bonds. The first-order valence-corrected chi connectivity index (χ1v) is 7.70. The fraction of sp³-hybridized carbons (Fsp3) is 0.294. The van der Waals surface area contributed by atoms with Gasteiger partial charge in [0.25, 0.3) is 0 Å². The van der Waals surface area contributed by atoms with Crippen LogP contribution < -0.4 is 5.73 Å². The molecule has 0 aliphatic heterocycles. The van der Waals surface area contributed by atoms with E-state index in [0.717, 1.165) is 36.1 Å². The summed E-state index contributed by atoms with van der Waals surface area (Å²) in [5.74, 6) is 0. The topological polar surface area (TPSA) is 29.3 Å². The summed E-state index contributed by atoms with van der Waals surface area (Å²) in [5, 5.41) is 0. The Morgan fingerprint density at radius 3 is 2.55 bits per heavy atom. The van der Waals surface area contributed by atoms with Crippen LogP contribution in [0, 0.1) is 0 Å². The van der Waals surface area contributed by atoms with Crippen LogP contribution in [0.4, 0.5) is 5.69 Å². The molecule has 0 atom stereocenters. The molecule has 20 heavy (non-hydrogen) atoms. The number of hydrogen-bond acceptors (Lipinski definition) is 2. The summed E-state index contributed by atoms with van der Waals surface area (Å²) in [6.07, 6.45) is 2.22. The number of anilines is 1. The monoisotopic (exact) mass is 332 g/mol. The van der Waals surface area contributed by atoms with Crippen LogP contribution in [0.5, 0.6) is 0 Å². The standard InChI is InChI=1S/C17H21BrN2/c1-20(13-15-6-2-8-16(18)11-15)10-4-7-14-5-3-9-17(19)12-14/h2-3,5-6,8-9,11-12H,4,7,10,13,19H2,1H3. The molecule has 0 heterocycles. The van der Waals surface area contributed by atoms with Crippen molar-refractivity contribution in [2.75, 3.05) is 19.3 Å². The highest BCUT2D eigenvalue weighted by Gasteiger charge is 2.01.